The highest BCUT2D eigenvalue weighted by molar-refractivity contribution is 8.00. The highest BCUT2D eigenvalue weighted by Gasteiger charge is 2.23. The molecule has 10 heavy (non-hydrogen) atoms. The first-order valence-corrected chi connectivity index (χ1v) is 4.67. The van der Waals surface area contributed by atoms with E-state index in [2.05, 4.69) is 0 Å². The van der Waals surface area contributed by atoms with Crippen LogP contribution in [0.2, 0.25) is 0 Å². The van der Waals surface area contributed by atoms with Crippen molar-refractivity contribution in [3.05, 3.63) is 0 Å². The van der Waals surface area contributed by atoms with E-state index in [1.54, 1.807) is 11.8 Å². The molecule has 0 spiro atoms. The molecule has 0 unspecified atom stereocenters. The first-order chi connectivity index (χ1) is 4.84. The summed E-state index contributed by atoms with van der Waals surface area (Å²) in [5.41, 5.74) is 0. The van der Waals surface area contributed by atoms with Crippen LogP contribution in [0.3, 0.4) is 0 Å². The normalized spacial score (nSPS) is 24.7. The molecule has 1 saturated heterocycles. The standard InChI is InChI=1S/C7H12O2S/c1-2-9-7(8)6-4-3-5-10-6/h6H,2-5H2,1H3/t6-/m0/s1. The third-order valence-electron chi connectivity index (χ3n) is 1.48. The Balaban J connectivity index is 2.25. The maximum absolute atomic E-state index is 11.0. The number of carbonyl (C=O) groups is 1. The van der Waals surface area contributed by atoms with Gasteiger partial charge >= 0.3 is 5.97 Å². The van der Waals surface area contributed by atoms with Crippen LogP contribution >= 0.6 is 11.8 Å². The lowest BCUT2D eigenvalue weighted by Gasteiger charge is -2.05. The molecule has 1 aliphatic heterocycles. The fourth-order valence-corrected chi connectivity index (χ4v) is 2.15. The van der Waals surface area contributed by atoms with Crippen molar-refractivity contribution in [2.45, 2.75) is 25.0 Å². The van der Waals surface area contributed by atoms with Gasteiger partial charge in [-0.1, -0.05) is 0 Å². The number of hydrogen-bond donors (Lipinski definition) is 0. The Hall–Kier alpha value is -0.180. The van der Waals surface area contributed by atoms with Gasteiger partial charge in [0.1, 0.15) is 5.25 Å². The average molecular weight is 160 g/mol. The predicted octanol–water partition coefficient (Wildman–Crippen LogP) is 1.45. The molecular weight excluding hydrogens is 148 g/mol. The highest BCUT2D eigenvalue weighted by Crippen LogP contribution is 2.26. The van der Waals surface area contributed by atoms with Gasteiger partial charge in [-0.15, -0.1) is 11.8 Å². The van der Waals surface area contributed by atoms with Gasteiger partial charge in [0.25, 0.3) is 0 Å². The highest BCUT2D eigenvalue weighted by atomic mass is 32.2. The number of rotatable bonds is 2. The summed E-state index contributed by atoms with van der Waals surface area (Å²) in [4.78, 5) is 11.0. The molecule has 0 radical (unpaired) electrons. The summed E-state index contributed by atoms with van der Waals surface area (Å²) in [6.45, 7) is 2.35. The summed E-state index contributed by atoms with van der Waals surface area (Å²) in [7, 11) is 0. The molecule has 0 amide bonds. The second-order valence-electron chi connectivity index (χ2n) is 2.25. The summed E-state index contributed by atoms with van der Waals surface area (Å²) < 4.78 is 4.87. The zero-order chi connectivity index (χ0) is 7.40. The number of carbonyl (C=O) groups excluding carboxylic acids is 1. The van der Waals surface area contributed by atoms with Crippen molar-refractivity contribution in [1.29, 1.82) is 0 Å². The lowest BCUT2D eigenvalue weighted by atomic mass is 10.2. The van der Waals surface area contributed by atoms with Crippen LogP contribution in [0.15, 0.2) is 0 Å². The molecule has 1 heterocycles. The third kappa shape index (κ3) is 1.90. The summed E-state index contributed by atoms with van der Waals surface area (Å²) in [6.07, 6.45) is 2.16. The molecule has 58 valence electrons. The Bertz CT molecular complexity index is 119. The van der Waals surface area contributed by atoms with E-state index in [0.717, 1.165) is 18.6 Å². The Morgan fingerprint density at radius 3 is 3.10 bits per heavy atom. The summed E-state index contributed by atoms with van der Waals surface area (Å²) in [5, 5.41) is 0.139. The minimum atomic E-state index is -0.0231. The Labute approximate surface area is 65.3 Å². The molecule has 1 fully saturated rings. The second kappa shape index (κ2) is 3.86. The van der Waals surface area contributed by atoms with Gasteiger partial charge in [0, 0.05) is 0 Å². The monoisotopic (exact) mass is 160 g/mol. The van der Waals surface area contributed by atoms with Crippen molar-refractivity contribution >= 4 is 17.7 Å². The molecule has 0 aliphatic carbocycles. The van der Waals surface area contributed by atoms with E-state index in [1.165, 1.54) is 0 Å². The summed E-state index contributed by atoms with van der Waals surface area (Å²) in [6, 6.07) is 0. The maximum atomic E-state index is 11.0. The molecule has 1 atom stereocenters. The van der Waals surface area contributed by atoms with E-state index in [-0.39, 0.29) is 11.2 Å². The first kappa shape index (κ1) is 7.92. The number of thioether (sulfide) groups is 1. The van der Waals surface area contributed by atoms with Crippen LogP contribution in [0.4, 0.5) is 0 Å². The molecule has 1 rings (SSSR count). The zero-order valence-electron chi connectivity index (χ0n) is 6.13. The molecule has 0 N–H and O–H groups in total. The van der Waals surface area contributed by atoms with Gasteiger partial charge in [0.15, 0.2) is 0 Å². The maximum Gasteiger partial charge on any atom is 0.319 e. The Kier molecular flexibility index (Phi) is 3.06. The topological polar surface area (TPSA) is 26.3 Å². The minimum Gasteiger partial charge on any atom is -0.465 e. The van der Waals surface area contributed by atoms with Crippen LogP contribution in [0, 0.1) is 0 Å². The lowest BCUT2D eigenvalue weighted by Crippen LogP contribution is -2.16. The fraction of sp³-hybridized carbons (Fsp3) is 0.857. The predicted molar refractivity (Wildman–Crippen MR) is 42.1 cm³/mol. The van der Waals surface area contributed by atoms with Gasteiger partial charge in [0.2, 0.25) is 0 Å². The van der Waals surface area contributed by atoms with Gasteiger partial charge in [0.05, 0.1) is 6.61 Å². The molecule has 1 aliphatic rings. The van der Waals surface area contributed by atoms with Crippen molar-refractivity contribution in [3.63, 3.8) is 0 Å². The SMILES string of the molecule is CCOC(=O)[C@@H]1CCCS1. The van der Waals surface area contributed by atoms with Crippen LogP contribution in [0.5, 0.6) is 0 Å². The Morgan fingerprint density at radius 2 is 2.60 bits per heavy atom. The zero-order valence-corrected chi connectivity index (χ0v) is 6.95. The fourth-order valence-electron chi connectivity index (χ4n) is 0.999. The van der Waals surface area contributed by atoms with Gasteiger partial charge < -0.3 is 4.74 Å². The third-order valence-corrected chi connectivity index (χ3v) is 2.83. The molecule has 0 aromatic carbocycles. The summed E-state index contributed by atoms with van der Waals surface area (Å²) in [5.74, 6) is 1.09. The second-order valence-corrected chi connectivity index (χ2v) is 3.56. The van der Waals surface area contributed by atoms with Crippen LogP contribution in [0.25, 0.3) is 0 Å². The number of hydrogen-bond acceptors (Lipinski definition) is 3. The van der Waals surface area contributed by atoms with Crippen molar-refractivity contribution in [3.8, 4) is 0 Å². The van der Waals surface area contributed by atoms with Gasteiger partial charge in [-0.2, -0.15) is 0 Å². The van der Waals surface area contributed by atoms with E-state index < -0.39 is 0 Å². The van der Waals surface area contributed by atoms with Gasteiger partial charge in [-0.05, 0) is 25.5 Å². The van der Waals surface area contributed by atoms with E-state index in [0.29, 0.717) is 6.61 Å². The van der Waals surface area contributed by atoms with Crippen LogP contribution in [-0.2, 0) is 9.53 Å². The molecule has 0 bridgehead atoms. The number of ether oxygens (including phenoxy) is 1. The lowest BCUT2D eigenvalue weighted by molar-refractivity contribution is -0.142. The molecular formula is C7H12O2S. The van der Waals surface area contributed by atoms with Crippen LogP contribution < -0.4 is 0 Å². The minimum absolute atomic E-state index is 0.0231. The van der Waals surface area contributed by atoms with E-state index in [9.17, 15) is 4.79 Å². The van der Waals surface area contributed by atoms with Crippen molar-refractivity contribution in [2.24, 2.45) is 0 Å². The van der Waals surface area contributed by atoms with Crippen molar-refractivity contribution < 1.29 is 9.53 Å². The molecule has 2 nitrogen and oxygen atoms in total. The van der Waals surface area contributed by atoms with Crippen LogP contribution in [-0.4, -0.2) is 23.6 Å². The molecule has 3 heteroatoms. The van der Waals surface area contributed by atoms with Crippen LogP contribution in [0.1, 0.15) is 19.8 Å². The van der Waals surface area contributed by atoms with E-state index in [4.69, 9.17) is 4.74 Å². The molecule has 0 aromatic rings. The van der Waals surface area contributed by atoms with E-state index in [1.807, 2.05) is 6.92 Å². The van der Waals surface area contributed by atoms with Gasteiger partial charge in [-0.25, -0.2) is 0 Å². The molecule has 0 aromatic heterocycles. The quantitative estimate of drug-likeness (QED) is 0.572. The summed E-state index contributed by atoms with van der Waals surface area (Å²) >= 11 is 1.72. The average Bonchev–Trinajstić information content (AvgIpc) is 2.38. The number of esters is 1. The Morgan fingerprint density at radius 1 is 1.80 bits per heavy atom. The molecule has 0 saturated carbocycles. The van der Waals surface area contributed by atoms with Crippen molar-refractivity contribution in [1.82, 2.24) is 0 Å². The van der Waals surface area contributed by atoms with E-state index >= 15 is 0 Å². The van der Waals surface area contributed by atoms with Crippen molar-refractivity contribution in [2.75, 3.05) is 12.4 Å². The largest absolute Gasteiger partial charge is 0.465 e. The van der Waals surface area contributed by atoms with Gasteiger partial charge in [-0.3, -0.25) is 4.79 Å². The smallest absolute Gasteiger partial charge is 0.319 e. The first-order valence-electron chi connectivity index (χ1n) is 3.63.